The minimum absolute atomic E-state index is 0.0224. The number of tetrazole rings is 1. The van der Waals surface area contributed by atoms with Gasteiger partial charge in [0.05, 0.1) is 6.54 Å². The molecule has 1 N–H and O–H groups in total. The van der Waals surface area contributed by atoms with Crippen LogP contribution in [0.4, 0.5) is 13.2 Å². The van der Waals surface area contributed by atoms with Gasteiger partial charge in [-0.15, -0.1) is 13.2 Å². The third-order valence-corrected chi connectivity index (χ3v) is 4.68. The minimum Gasteiger partial charge on any atom is -0.478 e. The molecule has 3 rings (SSSR count). The Balaban J connectivity index is 1.91. The second-order valence-corrected chi connectivity index (χ2v) is 7.82. The normalized spacial score (nSPS) is 12.0. The molecule has 33 heavy (non-hydrogen) atoms. The zero-order chi connectivity index (χ0) is 24.6. The monoisotopic (exact) mass is 466 g/mol. The van der Waals surface area contributed by atoms with Crippen LogP contribution in [0.15, 0.2) is 41.2 Å². The predicted octanol–water partition coefficient (Wildman–Crippen LogP) is 3.23. The standard InChI is InChI=1S/C21H21F3N4O5/c1-12-9-14(10-13(2)17(12)33-20(3,4)18(29)30)11-27-19(31)28(26-25-27)15-7-5-6-8-16(15)32-21(22,23)24/h5-10H,11H2,1-4H3,(H,29,30). The van der Waals surface area contributed by atoms with Gasteiger partial charge in [0.1, 0.15) is 11.4 Å². The van der Waals surface area contributed by atoms with Gasteiger partial charge in [-0.2, -0.15) is 9.36 Å². The van der Waals surface area contributed by atoms with Crippen LogP contribution in [0.1, 0.15) is 30.5 Å². The highest BCUT2D eigenvalue weighted by atomic mass is 19.4. The number of aliphatic carboxylic acids is 1. The van der Waals surface area contributed by atoms with Crippen LogP contribution >= 0.6 is 0 Å². The van der Waals surface area contributed by atoms with E-state index in [1.165, 1.54) is 32.0 Å². The van der Waals surface area contributed by atoms with E-state index in [-0.39, 0.29) is 12.2 Å². The molecule has 3 aromatic rings. The number of aromatic nitrogens is 4. The van der Waals surface area contributed by atoms with E-state index >= 15 is 0 Å². The van der Waals surface area contributed by atoms with Crippen LogP contribution in [0, 0.1) is 13.8 Å². The molecule has 1 aromatic heterocycles. The van der Waals surface area contributed by atoms with Gasteiger partial charge in [-0.05, 0) is 66.9 Å². The number of carbonyl (C=O) groups is 1. The van der Waals surface area contributed by atoms with E-state index in [4.69, 9.17) is 4.74 Å². The molecule has 0 aliphatic heterocycles. The fourth-order valence-corrected chi connectivity index (χ4v) is 3.13. The van der Waals surface area contributed by atoms with Crippen molar-refractivity contribution in [2.45, 2.75) is 46.2 Å². The Kier molecular flexibility index (Phi) is 6.21. The second-order valence-electron chi connectivity index (χ2n) is 7.82. The molecular weight excluding hydrogens is 445 g/mol. The lowest BCUT2D eigenvalue weighted by molar-refractivity contribution is -0.274. The van der Waals surface area contributed by atoms with Crippen molar-refractivity contribution in [2.24, 2.45) is 0 Å². The van der Waals surface area contributed by atoms with Crippen LogP contribution in [0.3, 0.4) is 0 Å². The molecule has 0 bridgehead atoms. The van der Waals surface area contributed by atoms with Gasteiger partial charge in [0, 0.05) is 0 Å². The first kappa shape index (κ1) is 23.8. The van der Waals surface area contributed by atoms with Gasteiger partial charge < -0.3 is 14.6 Å². The topological polar surface area (TPSA) is 108 Å². The zero-order valence-electron chi connectivity index (χ0n) is 18.2. The van der Waals surface area contributed by atoms with Crippen molar-refractivity contribution in [3.05, 3.63) is 63.6 Å². The fraction of sp³-hybridized carbons (Fsp3) is 0.333. The van der Waals surface area contributed by atoms with Gasteiger partial charge in [-0.1, -0.05) is 24.3 Å². The van der Waals surface area contributed by atoms with E-state index in [1.54, 1.807) is 26.0 Å². The highest BCUT2D eigenvalue weighted by Crippen LogP contribution is 2.29. The van der Waals surface area contributed by atoms with Gasteiger partial charge >= 0.3 is 18.0 Å². The molecule has 0 unspecified atom stereocenters. The average molecular weight is 466 g/mol. The molecule has 0 radical (unpaired) electrons. The minimum atomic E-state index is -4.94. The molecule has 2 aromatic carbocycles. The molecule has 0 saturated heterocycles. The van der Waals surface area contributed by atoms with Crippen LogP contribution in [0.5, 0.6) is 11.5 Å². The first-order chi connectivity index (χ1) is 15.3. The van der Waals surface area contributed by atoms with E-state index in [0.29, 0.717) is 27.1 Å². The summed E-state index contributed by atoms with van der Waals surface area (Å²) in [5.41, 5.74) is -0.497. The summed E-state index contributed by atoms with van der Waals surface area (Å²) in [6, 6.07) is 8.50. The summed E-state index contributed by atoms with van der Waals surface area (Å²) in [4.78, 5) is 24.1. The number of carboxylic acid groups (broad SMARTS) is 1. The lowest BCUT2D eigenvalue weighted by Gasteiger charge is -2.24. The highest BCUT2D eigenvalue weighted by molar-refractivity contribution is 5.77. The molecule has 0 aliphatic carbocycles. The number of para-hydroxylation sites is 2. The second kappa shape index (κ2) is 8.60. The first-order valence-corrected chi connectivity index (χ1v) is 9.69. The van der Waals surface area contributed by atoms with Crippen molar-refractivity contribution in [1.82, 2.24) is 19.8 Å². The Labute approximate surface area is 185 Å². The fourth-order valence-electron chi connectivity index (χ4n) is 3.13. The first-order valence-electron chi connectivity index (χ1n) is 9.69. The van der Waals surface area contributed by atoms with Gasteiger partial charge in [-0.3, -0.25) is 0 Å². The highest BCUT2D eigenvalue weighted by Gasteiger charge is 2.33. The van der Waals surface area contributed by atoms with Crippen LogP contribution in [0.2, 0.25) is 0 Å². The van der Waals surface area contributed by atoms with E-state index in [0.717, 1.165) is 10.7 Å². The molecule has 9 nitrogen and oxygen atoms in total. The summed E-state index contributed by atoms with van der Waals surface area (Å²) in [7, 11) is 0. The summed E-state index contributed by atoms with van der Waals surface area (Å²) in [6.07, 6.45) is -4.94. The van der Waals surface area contributed by atoms with E-state index in [9.17, 15) is 27.9 Å². The molecule has 176 valence electrons. The Hall–Kier alpha value is -3.83. The molecule has 12 heteroatoms. The number of carboxylic acids is 1. The maximum absolute atomic E-state index is 12.8. The Morgan fingerprint density at radius 2 is 1.67 bits per heavy atom. The Morgan fingerprint density at radius 3 is 2.24 bits per heavy atom. The SMILES string of the molecule is Cc1cc(Cn2nnn(-c3ccccc3OC(F)(F)F)c2=O)cc(C)c1OC(C)(C)C(=O)O. The maximum Gasteiger partial charge on any atom is 0.573 e. The number of benzene rings is 2. The van der Waals surface area contributed by atoms with Crippen LogP contribution < -0.4 is 15.2 Å². The molecular formula is C21H21F3N4O5. The van der Waals surface area contributed by atoms with Gasteiger partial charge in [0.25, 0.3) is 0 Å². The number of aryl methyl sites for hydroxylation is 2. The summed E-state index contributed by atoms with van der Waals surface area (Å²) in [5, 5.41) is 16.7. The lowest BCUT2D eigenvalue weighted by Crippen LogP contribution is -2.38. The average Bonchev–Trinajstić information content (AvgIpc) is 3.04. The van der Waals surface area contributed by atoms with Crippen molar-refractivity contribution in [3.8, 4) is 17.2 Å². The quantitative estimate of drug-likeness (QED) is 0.570. The largest absolute Gasteiger partial charge is 0.573 e. The van der Waals surface area contributed by atoms with E-state index in [1.807, 2.05) is 0 Å². The van der Waals surface area contributed by atoms with Crippen LogP contribution in [-0.2, 0) is 11.3 Å². The molecule has 0 saturated carbocycles. The van der Waals surface area contributed by atoms with Crippen molar-refractivity contribution in [1.29, 1.82) is 0 Å². The number of hydrogen-bond acceptors (Lipinski definition) is 6. The van der Waals surface area contributed by atoms with Gasteiger partial charge in [0.2, 0.25) is 0 Å². The lowest BCUT2D eigenvalue weighted by atomic mass is 10.0. The molecule has 0 amide bonds. The molecule has 0 aliphatic rings. The predicted molar refractivity (Wildman–Crippen MR) is 110 cm³/mol. The summed E-state index contributed by atoms with van der Waals surface area (Å²) in [6.45, 7) is 6.30. The molecule has 1 heterocycles. The number of rotatable bonds is 7. The summed E-state index contributed by atoms with van der Waals surface area (Å²) < 4.78 is 49.4. The third-order valence-electron chi connectivity index (χ3n) is 4.68. The maximum atomic E-state index is 12.8. The number of hydrogen-bond donors (Lipinski definition) is 1. The number of alkyl halides is 3. The summed E-state index contributed by atoms with van der Waals surface area (Å²) >= 11 is 0. The van der Waals surface area contributed by atoms with E-state index in [2.05, 4.69) is 15.2 Å². The van der Waals surface area contributed by atoms with Crippen molar-refractivity contribution < 1.29 is 32.5 Å². The van der Waals surface area contributed by atoms with Crippen LogP contribution in [0.25, 0.3) is 5.69 Å². The van der Waals surface area contributed by atoms with Crippen LogP contribution in [-0.4, -0.2) is 42.8 Å². The summed E-state index contributed by atoms with van der Waals surface area (Å²) in [5.74, 6) is -1.31. The molecule has 0 atom stereocenters. The van der Waals surface area contributed by atoms with Crippen molar-refractivity contribution in [3.63, 3.8) is 0 Å². The zero-order valence-corrected chi connectivity index (χ0v) is 18.2. The number of nitrogens with zero attached hydrogens (tertiary/aromatic N) is 4. The Morgan fingerprint density at radius 1 is 1.06 bits per heavy atom. The molecule has 0 fully saturated rings. The smallest absolute Gasteiger partial charge is 0.478 e. The van der Waals surface area contributed by atoms with Gasteiger partial charge in [-0.25, -0.2) is 9.59 Å². The van der Waals surface area contributed by atoms with Crippen molar-refractivity contribution in [2.75, 3.05) is 0 Å². The molecule has 0 spiro atoms. The number of ether oxygens (including phenoxy) is 2. The third kappa shape index (κ3) is 5.33. The van der Waals surface area contributed by atoms with Crippen molar-refractivity contribution >= 4 is 5.97 Å². The number of halogens is 3. The van der Waals surface area contributed by atoms with E-state index < -0.39 is 29.4 Å². The van der Waals surface area contributed by atoms with Gasteiger partial charge in [0.15, 0.2) is 11.4 Å². The Bertz CT molecular complexity index is 1220.